The number of hydrogen-bond acceptors (Lipinski definition) is 4. The number of amides is 1. The van der Waals surface area contributed by atoms with Gasteiger partial charge in [0.15, 0.2) is 0 Å². The van der Waals surface area contributed by atoms with Crippen LogP contribution in [-0.4, -0.2) is 37.5 Å². The molecule has 0 radical (unpaired) electrons. The molecule has 4 saturated carbocycles. The first-order valence-electron chi connectivity index (χ1n) is 13.1. The number of ether oxygens (including phenoxy) is 1. The third-order valence-electron chi connectivity index (χ3n) is 9.35. The van der Waals surface area contributed by atoms with Crippen LogP contribution < -0.4 is 5.32 Å². The first-order chi connectivity index (χ1) is 15.8. The lowest BCUT2D eigenvalue weighted by molar-refractivity contribution is -0.199. The summed E-state index contributed by atoms with van der Waals surface area (Å²) in [7, 11) is -0.460. The molecule has 180 valence electrons. The van der Waals surface area contributed by atoms with Crippen LogP contribution in [-0.2, 0) is 20.5 Å². The van der Waals surface area contributed by atoms with Crippen LogP contribution in [0.3, 0.4) is 0 Å². The van der Waals surface area contributed by atoms with E-state index in [1.54, 1.807) is 0 Å². The quantitative estimate of drug-likeness (QED) is 0.580. The molecule has 6 heteroatoms. The summed E-state index contributed by atoms with van der Waals surface area (Å²) >= 11 is 0. The van der Waals surface area contributed by atoms with Gasteiger partial charge in [-0.25, -0.2) is 4.79 Å². The molecule has 1 saturated heterocycles. The number of benzene rings is 1. The molecule has 5 atom stereocenters. The minimum absolute atomic E-state index is 0.0971. The molecule has 6 rings (SSSR count). The third-order valence-corrected chi connectivity index (χ3v) is 9.35. The minimum atomic E-state index is -0.460. The van der Waals surface area contributed by atoms with E-state index in [1.165, 1.54) is 31.2 Å². The van der Waals surface area contributed by atoms with E-state index in [0.29, 0.717) is 36.2 Å². The molecule has 5 fully saturated rings. The Morgan fingerprint density at radius 2 is 1.88 bits per heavy atom. The number of nitrogens with one attached hydrogen (secondary N) is 1. The molecular weight excluding hydrogens is 413 g/mol. The fourth-order valence-corrected chi connectivity index (χ4v) is 7.00. The Bertz CT molecular complexity index is 852. The lowest BCUT2D eigenvalue weighted by atomic mass is 9.43. The van der Waals surface area contributed by atoms with Crippen molar-refractivity contribution in [2.24, 2.45) is 23.2 Å². The second-order valence-electron chi connectivity index (χ2n) is 11.9. The maximum atomic E-state index is 12.8. The van der Waals surface area contributed by atoms with Gasteiger partial charge in [-0.2, -0.15) is 0 Å². The Morgan fingerprint density at radius 1 is 1.15 bits per heavy atom. The lowest BCUT2D eigenvalue weighted by Gasteiger charge is -2.64. The van der Waals surface area contributed by atoms with Gasteiger partial charge in [0.05, 0.1) is 24.3 Å². The molecule has 1 heterocycles. The zero-order valence-corrected chi connectivity index (χ0v) is 20.8. The fourth-order valence-electron chi connectivity index (χ4n) is 7.00. The van der Waals surface area contributed by atoms with Crippen molar-refractivity contribution < 1.29 is 18.8 Å². The molecule has 2 bridgehead atoms. The van der Waals surface area contributed by atoms with Crippen molar-refractivity contribution in [2.45, 2.75) is 96.7 Å². The van der Waals surface area contributed by atoms with Crippen LogP contribution in [0.25, 0.3) is 0 Å². The summed E-state index contributed by atoms with van der Waals surface area (Å²) in [5.74, 6) is 1.41. The predicted molar refractivity (Wildman–Crippen MR) is 130 cm³/mol. The van der Waals surface area contributed by atoms with Gasteiger partial charge in [-0.15, -0.1) is 0 Å². The number of carbonyl (C=O) groups is 1. The Morgan fingerprint density at radius 3 is 2.58 bits per heavy atom. The number of aryl methyl sites for hydroxylation is 1. The molecule has 4 aliphatic carbocycles. The summed E-state index contributed by atoms with van der Waals surface area (Å²) in [6.45, 7) is 9.56. The lowest BCUT2D eigenvalue weighted by Crippen LogP contribution is -2.65. The highest BCUT2D eigenvalue weighted by atomic mass is 16.7. The van der Waals surface area contributed by atoms with Gasteiger partial charge >= 0.3 is 13.2 Å². The van der Waals surface area contributed by atoms with Gasteiger partial charge in [0.2, 0.25) is 0 Å². The molecule has 0 unspecified atom stereocenters. The molecule has 1 aromatic carbocycles. The second-order valence-corrected chi connectivity index (χ2v) is 11.9. The Balaban J connectivity index is 1.28. The molecule has 1 N–H and O–H groups in total. The standard InChI is InChI=1S/C27H40BNO4/c1-18-10-12-19(13-11-18)14-24(29-25(30)31-17-20-8-6-5-7-9-20)28-32-23-16-21-15-22(26(21,2)3)27(23,4)33-28/h10-13,20-24H,5-9,14-17H2,1-4H3,(H,29,30)/t21-,22-,23+,24-,27-/m0/s1. The van der Waals surface area contributed by atoms with E-state index >= 15 is 0 Å². The molecule has 33 heavy (non-hydrogen) atoms. The molecular formula is C27H40BNO4. The molecule has 1 aromatic rings. The smallest absolute Gasteiger partial charge is 0.449 e. The zero-order chi connectivity index (χ0) is 23.2. The van der Waals surface area contributed by atoms with Crippen molar-refractivity contribution in [2.75, 3.05) is 6.61 Å². The van der Waals surface area contributed by atoms with Gasteiger partial charge in [0, 0.05) is 0 Å². The fraction of sp³-hybridized carbons (Fsp3) is 0.741. The highest BCUT2D eigenvalue weighted by Crippen LogP contribution is 2.65. The summed E-state index contributed by atoms with van der Waals surface area (Å²) in [6.07, 6.45) is 8.77. The van der Waals surface area contributed by atoms with Gasteiger partial charge in [-0.05, 0) is 74.7 Å². The maximum absolute atomic E-state index is 12.8. The molecule has 5 nitrogen and oxygen atoms in total. The SMILES string of the molecule is Cc1ccc(C[C@H](NC(=O)OCC2CCCCC2)B2O[C@@H]3C[C@@H]4C[C@@H](C4(C)C)[C@]3(C)O2)cc1. The molecule has 1 aliphatic heterocycles. The predicted octanol–water partition coefficient (Wildman–Crippen LogP) is 5.48. The third kappa shape index (κ3) is 4.46. The van der Waals surface area contributed by atoms with E-state index < -0.39 is 7.12 Å². The molecule has 0 spiro atoms. The van der Waals surface area contributed by atoms with Crippen molar-refractivity contribution in [3.8, 4) is 0 Å². The summed E-state index contributed by atoms with van der Waals surface area (Å²) in [5, 5.41) is 3.13. The van der Waals surface area contributed by atoms with Gasteiger partial charge in [-0.3, -0.25) is 0 Å². The van der Waals surface area contributed by atoms with Crippen LogP contribution in [0.2, 0.25) is 0 Å². The maximum Gasteiger partial charge on any atom is 0.482 e. The van der Waals surface area contributed by atoms with Crippen LogP contribution in [0.4, 0.5) is 4.79 Å². The topological polar surface area (TPSA) is 56.8 Å². The highest BCUT2D eigenvalue weighted by molar-refractivity contribution is 6.47. The number of hydrogen-bond donors (Lipinski definition) is 1. The van der Waals surface area contributed by atoms with E-state index in [4.69, 9.17) is 14.0 Å². The monoisotopic (exact) mass is 453 g/mol. The van der Waals surface area contributed by atoms with Gasteiger partial charge in [0.25, 0.3) is 0 Å². The van der Waals surface area contributed by atoms with Gasteiger partial charge in [0.1, 0.15) is 0 Å². The molecule has 5 aliphatic rings. The van der Waals surface area contributed by atoms with Crippen LogP contribution in [0, 0.1) is 30.1 Å². The van der Waals surface area contributed by atoms with Gasteiger partial charge in [-0.1, -0.05) is 62.9 Å². The first kappa shape index (κ1) is 23.2. The van der Waals surface area contributed by atoms with E-state index in [9.17, 15) is 4.79 Å². The van der Waals surface area contributed by atoms with Crippen LogP contribution in [0.1, 0.15) is 76.8 Å². The van der Waals surface area contributed by atoms with Crippen molar-refractivity contribution in [3.63, 3.8) is 0 Å². The van der Waals surface area contributed by atoms with E-state index in [-0.39, 0.29) is 23.7 Å². The van der Waals surface area contributed by atoms with Crippen LogP contribution >= 0.6 is 0 Å². The summed E-state index contributed by atoms with van der Waals surface area (Å²) < 4.78 is 18.9. The minimum Gasteiger partial charge on any atom is -0.449 e. The van der Waals surface area contributed by atoms with Crippen molar-refractivity contribution in [1.82, 2.24) is 5.32 Å². The van der Waals surface area contributed by atoms with Crippen LogP contribution in [0.15, 0.2) is 24.3 Å². The summed E-state index contributed by atoms with van der Waals surface area (Å²) in [4.78, 5) is 12.8. The van der Waals surface area contributed by atoms with Gasteiger partial charge < -0.3 is 19.4 Å². The van der Waals surface area contributed by atoms with E-state index in [0.717, 1.165) is 24.8 Å². The molecule has 0 aromatic heterocycles. The zero-order valence-electron chi connectivity index (χ0n) is 20.8. The average molecular weight is 453 g/mol. The molecule has 1 amide bonds. The van der Waals surface area contributed by atoms with Crippen LogP contribution in [0.5, 0.6) is 0 Å². The number of carbonyl (C=O) groups excluding carboxylic acids is 1. The second kappa shape index (κ2) is 8.92. The van der Waals surface area contributed by atoms with Crippen molar-refractivity contribution >= 4 is 13.2 Å². The van der Waals surface area contributed by atoms with E-state index in [2.05, 4.69) is 57.3 Å². The Labute approximate surface area is 199 Å². The Kier molecular flexibility index (Phi) is 6.28. The summed E-state index contributed by atoms with van der Waals surface area (Å²) in [5.41, 5.74) is 2.39. The van der Waals surface area contributed by atoms with Crippen molar-refractivity contribution in [1.29, 1.82) is 0 Å². The number of alkyl carbamates (subject to hydrolysis) is 1. The normalized spacial score (nSPS) is 33.7. The largest absolute Gasteiger partial charge is 0.482 e. The summed E-state index contributed by atoms with van der Waals surface area (Å²) in [6, 6.07) is 8.48. The highest BCUT2D eigenvalue weighted by Gasteiger charge is 2.68. The van der Waals surface area contributed by atoms with E-state index in [1.807, 2.05) is 0 Å². The Hall–Kier alpha value is -1.53. The van der Waals surface area contributed by atoms with Crippen molar-refractivity contribution in [3.05, 3.63) is 35.4 Å². The number of rotatable bonds is 6. The first-order valence-corrected chi connectivity index (χ1v) is 13.1. The average Bonchev–Trinajstić information content (AvgIpc) is 3.16.